The van der Waals surface area contributed by atoms with Crippen LogP contribution in [0.2, 0.25) is 0 Å². The molecule has 0 radical (unpaired) electrons. The first-order valence-electron chi connectivity index (χ1n) is 4.06. The molecular formula is C8H8N4O2. The summed E-state index contributed by atoms with van der Waals surface area (Å²) in [6.07, 6.45) is 4.39. The minimum absolute atomic E-state index is 0.171. The molecule has 72 valence electrons. The van der Waals surface area contributed by atoms with Crippen molar-refractivity contribution in [3.63, 3.8) is 0 Å². The zero-order chi connectivity index (χ0) is 9.97. The molecule has 0 spiro atoms. The molecule has 0 unspecified atom stereocenters. The van der Waals surface area contributed by atoms with Crippen molar-refractivity contribution in [1.29, 1.82) is 0 Å². The van der Waals surface area contributed by atoms with E-state index in [9.17, 15) is 4.79 Å². The fourth-order valence-electron chi connectivity index (χ4n) is 1.06. The van der Waals surface area contributed by atoms with Crippen LogP contribution in [0.1, 0.15) is 11.4 Å². The van der Waals surface area contributed by atoms with Crippen molar-refractivity contribution in [3.05, 3.63) is 40.3 Å². The van der Waals surface area contributed by atoms with E-state index in [-0.39, 0.29) is 5.56 Å². The minimum Gasteiger partial charge on any atom is -0.306 e. The van der Waals surface area contributed by atoms with Crippen molar-refractivity contribution in [1.82, 2.24) is 19.9 Å². The number of nitrogens with zero attached hydrogens (tertiary/aromatic N) is 4. The Morgan fingerprint density at radius 1 is 1.50 bits per heavy atom. The van der Waals surface area contributed by atoms with Gasteiger partial charge in [-0.2, -0.15) is 0 Å². The molecule has 0 N–H and O–H groups in total. The van der Waals surface area contributed by atoms with Gasteiger partial charge in [0.15, 0.2) is 0 Å². The second-order valence-electron chi connectivity index (χ2n) is 2.84. The molecule has 2 heterocycles. The van der Waals surface area contributed by atoms with Crippen molar-refractivity contribution in [2.75, 3.05) is 0 Å². The summed E-state index contributed by atoms with van der Waals surface area (Å²) in [6, 6.07) is 0. The summed E-state index contributed by atoms with van der Waals surface area (Å²) in [7, 11) is 0. The van der Waals surface area contributed by atoms with E-state index in [1.165, 1.54) is 10.8 Å². The Morgan fingerprint density at radius 3 is 3.00 bits per heavy atom. The highest BCUT2D eigenvalue weighted by Gasteiger charge is 2.05. The lowest BCUT2D eigenvalue weighted by atomic mass is 10.3. The summed E-state index contributed by atoms with van der Waals surface area (Å²) >= 11 is 0. The van der Waals surface area contributed by atoms with Crippen LogP contribution in [0.15, 0.2) is 28.0 Å². The van der Waals surface area contributed by atoms with Gasteiger partial charge in [0, 0.05) is 12.4 Å². The van der Waals surface area contributed by atoms with Gasteiger partial charge in [0.1, 0.15) is 11.4 Å². The SMILES string of the molecule is Cc1nonc1Cn1ccncc1=O. The molecular weight excluding hydrogens is 184 g/mol. The van der Waals surface area contributed by atoms with Crippen LogP contribution in [0.25, 0.3) is 0 Å². The van der Waals surface area contributed by atoms with Crippen LogP contribution in [0.3, 0.4) is 0 Å². The molecule has 0 saturated heterocycles. The van der Waals surface area contributed by atoms with E-state index in [1.807, 2.05) is 0 Å². The van der Waals surface area contributed by atoms with Gasteiger partial charge in [-0.25, -0.2) is 4.63 Å². The Hall–Kier alpha value is -1.98. The first kappa shape index (κ1) is 8.61. The Balaban J connectivity index is 2.32. The first-order chi connectivity index (χ1) is 6.77. The first-order valence-corrected chi connectivity index (χ1v) is 4.06. The van der Waals surface area contributed by atoms with E-state index in [0.29, 0.717) is 17.9 Å². The highest BCUT2D eigenvalue weighted by molar-refractivity contribution is 5.05. The third kappa shape index (κ3) is 1.54. The van der Waals surface area contributed by atoms with Gasteiger partial charge in [0.25, 0.3) is 5.56 Å². The molecule has 0 aromatic carbocycles. The minimum atomic E-state index is -0.171. The highest BCUT2D eigenvalue weighted by Crippen LogP contribution is 2.01. The van der Waals surface area contributed by atoms with Gasteiger partial charge in [-0.3, -0.25) is 9.78 Å². The molecule has 14 heavy (non-hydrogen) atoms. The number of hydrogen-bond acceptors (Lipinski definition) is 5. The molecule has 0 atom stereocenters. The van der Waals surface area contributed by atoms with Crippen molar-refractivity contribution in [2.45, 2.75) is 13.5 Å². The van der Waals surface area contributed by atoms with Crippen molar-refractivity contribution in [3.8, 4) is 0 Å². The highest BCUT2D eigenvalue weighted by atomic mass is 16.6. The van der Waals surface area contributed by atoms with Crippen LogP contribution >= 0.6 is 0 Å². The van der Waals surface area contributed by atoms with Crippen LogP contribution in [0.5, 0.6) is 0 Å². The zero-order valence-corrected chi connectivity index (χ0v) is 7.54. The number of hydrogen-bond donors (Lipinski definition) is 0. The summed E-state index contributed by atoms with van der Waals surface area (Å²) in [4.78, 5) is 15.0. The maximum atomic E-state index is 11.3. The molecule has 0 fully saturated rings. The fraction of sp³-hybridized carbons (Fsp3) is 0.250. The van der Waals surface area contributed by atoms with Crippen molar-refractivity contribution >= 4 is 0 Å². The maximum Gasteiger partial charge on any atom is 0.269 e. The summed E-state index contributed by atoms with van der Waals surface area (Å²) in [5.74, 6) is 0. The summed E-state index contributed by atoms with van der Waals surface area (Å²) < 4.78 is 6.01. The third-order valence-electron chi connectivity index (χ3n) is 1.87. The van der Waals surface area contributed by atoms with Crippen LogP contribution in [-0.4, -0.2) is 19.9 Å². The predicted molar refractivity (Wildman–Crippen MR) is 46.6 cm³/mol. The van der Waals surface area contributed by atoms with Crippen molar-refractivity contribution < 1.29 is 4.63 Å². The monoisotopic (exact) mass is 192 g/mol. The molecule has 0 saturated carbocycles. The van der Waals surface area contributed by atoms with E-state index >= 15 is 0 Å². The molecule has 2 aromatic heterocycles. The lowest BCUT2D eigenvalue weighted by Gasteiger charge is -2.00. The third-order valence-corrected chi connectivity index (χ3v) is 1.87. The topological polar surface area (TPSA) is 73.8 Å². The van der Waals surface area contributed by atoms with Gasteiger partial charge in [0.2, 0.25) is 0 Å². The van der Waals surface area contributed by atoms with Crippen LogP contribution in [0.4, 0.5) is 0 Å². The van der Waals surface area contributed by atoms with Gasteiger partial charge in [-0.1, -0.05) is 10.3 Å². The summed E-state index contributed by atoms with van der Waals surface area (Å²) in [6.45, 7) is 2.13. The maximum absolute atomic E-state index is 11.3. The van der Waals surface area contributed by atoms with Crippen molar-refractivity contribution in [2.24, 2.45) is 0 Å². The van der Waals surface area contributed by atoms with Gasteiger partial charge >= 0.3 is 0 Å². The quantitative estimate of drug-likeness (QED) is 0.668. The Morgan fingerprint density at radius 2 is 2.36 bits per heavy atom. The molecule has 2 rings (SSSR count). The van der Waals surface area contributed by atoms with Crippen LogP contribution in [-0.2, 0) is 6.54 Å². The predicted octanol–water partition coefficient (Wildman–Crippen LogP) is -0.0170. The smallest absolute Gasteiger partial charge is 0.269 e. The van der Waals surface area contributed by atoms with E-state index in [0.717, 1.165) is 0 Å². The molecule has 0 amide bonds. The second kappa shape index (κ2) is 3.41. The standard InChI is InChI=1S/C8H8N4O2/c1-6-7(11-14-10-6)5-12-3-2-9-4-8(12)13/h2-4H,5H2,1H3. The molecule has 6 nitrogen and oxygen atoms in total. The fourth-order valence-corrected chi connectivity index (χ4v) is 1.06. The Kier molecular flexibility index (Phi) is 2.10. The lowest BCUT2D eigenvalue weighted by molar-refractivity contribution is 0.300. The average Bonchev–Trinajstić information content (AvgIpc) is 2.56. The average molecular weight is 192 g/mol. The van der Waals surface area contributed by atoms with Gasteiger partial charge < -0.3 is 4.57 Å². The van der Waals surface area contributed by atoms with Gasteiger partial charge in [0.05, 0.1) is 12.7 Å². The Labute approximate surface area is 79.2 Å². The zero-order valence-electron chi connectivity index (χ0n) is 7.54. The molecule has 0 aliphatic heterocycles. The van der Waals surface area contributed by atoms with Gasteiger partial charge in [-0.05, 0) is 6.92 Å². The Bertz CT molecular complexity index is 488. The molecule has 0 aliphatic carbocycles. The van der Waals surface area contributed by atoms with E-state index in [4.69, 9.17) is 0 Å². The second-order valence-corrected chi connectivity index (χ2v) is 2.84. The largest absolute Gasteiger partial charge is 0.306 e. The molecule has 0 aliphatic rings. The molecule has 0 bridgehead atoms. The normalized spacial score (nSPS) is 10.4. The summed E-state index contributed by atoms with van der Waals surface area (Å²) in [5, 5.41) is 7.31. The number of rotatable bonds is 2. The van der Waals surface area contributed by atoms with Crippen LogP contribution in [0, 0.1) is 6.92 Å². The van der Waals surface area contributed by atoms with Gasteiger partial charge in [-0.15, -0.1) is 0 Å². The number of aryl methyl sites for hydroxylation is 1. The van der Waals surface area contributed by atoms with E-state index in [2.05, 4.69) is 19.9 Å². The van der Waals surface area contributed by atoms with E-state index < -0.39 is 0 Å². The lowest BCUT2D eigenvalue weighted by Crippen LogP contribution is -2.19. The number of aromatic nitrogens is 4. The van der Waals surface area contributed by atoms with E-state index in [1.54, 1.807) is 19.3 Å². The summed E-state index contributed by atoms with van der Waals surface area (Å²) in [5.41, 5.74) is 1.17. The molecule has 6 heteroatoms. The van der Waals surface area contributed by atoms with Crippen LogP contribution < -0.4 is 5.56 Å². The molecule has 2 aromatic rings.